The minimum atomic E-state index is -2.91. The van der Waals surface area contributed by atoms with E-state index in [4.69, 9.17) is 0 Å². The van der Waals surface area contributed by atoms with E-state index in [9.17, 15) is 13.2 Å². The molecular formula is C13H22O3S. The molecule has 0 N–H and O–H groups in total. The van der Waals surface area contributed by atoms with Crippen molar-refractivity contribution < 1.29 is 13.2 Å². The summed E-state index contributed by atoms with van der Waals surface area (Å²) in [6.07, 6.45) is 7.31. The molecule has 2 saturated carbocycles. The molecule has 2 fully saturated rings. The van der Waals surface area contributed by atoms with Gasteiger partial charge in [0.2, 0.25) is 0 Å². The maximum absolute atomic E-state index is 11.6. The number of hydrogen-bond donors (Lipinski definition) is 0. The first kappa shape index (κ1) is 13.1. The van der Waals surface area contributed by atoms with Crippen molar-refractivity contribution in [1.29, 1.82) is 0 Å². The van der Waals surface area contributed by atoms with Crippen LogP contribution in [0.2, 0.25) is 0 Å². The van der Waals surface area contributed by atoms with E-state index in [2.05, 4.69) is 6.92 Å². The predicted molar refractivity (Wildman–Crippen MR) is 67.6 cm³/mol. The van der Waals surface area contributed by atoms with E-state index in [0.29, 0.717) is 24.5 Å². The summed E-state index contributed by atoms with van der Waals surface area (Å²) in [5, 5.41) is -0.172. The zero-order chi connectivity index (χ0) is 12.7. The second kappa shape index (κ2) is 4.38. The molecule has 3 nitrogen and oxygen atoms in total. The van der Waals surface area contributed by atoms with E-state index < -0.39 is 9.84 Å². The number of sulfone groups is 1. The van der Waals surface area contributed by atoms with E-state index in [1.54, 1.807) is 0 Å². The highest BCUT2D eigenvalue weighted by Gasteiger charge is 2.43. The Bertz CT molecular complexity index is 412. The number of ketones is 1. The smallest absolute Gasteiger partial charge is 0.150 e. The molecule has 0 heterocycles. The van der Waals surface area contributed by atoms with Crippen molar-refractivity contribution in [1.82, 2.24) is 0 Å². The lowest BCUT2D eigenvalue weighted by atomic mass is 9.69. The van der Waals surface area contributed by atoms with Crippen molar-refractivity contribution in [2.45, 2.75) is 57.1 Å². The summed E-state index contributed by atoms with van der Waals surface area (Å²) >= 11 is 0. The van der Waals surface area contributed by atoms with Gasteiger partial charge in [0.25, 0.3) is 0 Å². The van der Waals surface area contributed by atoms with Gasteiger partial charge in [-0.2, -0.15) is 0 Å². The number of rotatable bonds is 2. The Morgan fingerprint density at radius 1 is 1.29 bits per heavy atom. The van der Waals surface area contributed by atoms with Crippen LogP contribution in [0.15, 0.2) is 0 Å². The number of hydrogen-bond acceptors (Lipinski definition) is 3. The first-order chi connectivity index (χ1) is 7.81. The minimum absolute atomic E-state index is 0.0699. The van der Waals surface area contributed by atoms with Crippen molar-refractivity contribution in [3.05, 3.63) is 0 Å². The van der Waals surface area contributed by atoms with Crippen molar-refractivity contribution in [3.63, 3.8) is 0 Å². The van der Waals surface area contributed by atoms with Gasteiger partial charge < -0.3 is 0 Å². The number of carbonyl (C=O) groups excluding carboxylic acids is 1. The molecule has 2 aliphatic rings. The van der Waals surface area contributed by atoms with Crippen molar-refractivity contribution in [2.75, 3.05) is 6.26 Å². The quantitative estimate of drug-likeness (QED) is 0.764. The van der Waals surface area contributed by atoms with E-state index in [0.717, 1.165) is 32.1 Å². The Morgan fingerprint density at radius 2 is 2.00 bits per heavy atom. The summed E-state index contributed by atoms with van der Waals surface area (Å²) in [5.41, 5.74) is 0.0699. The van der Waals surface area contributed by atoms with Gasteiger partial charge in [-0.05, 0) is 37.0 Å². The highest BCUT2D eigenvalue weighted by atomic mass is 32.2. The van der Waals surface area contributed by atoms with Crippen LogP contribution in [0.1, 0.15) is 51.9 Å². The molecule has 0 bridgehead atoms. The minimum Gasteiger partial charge on any atom is -0.300 e. The highest BCUT2D eigenvalue weighted by Crippen LogP contribution is 2.48. The van der Waals surface area contributed by atoms with Crippen LogP contribution in [-0.2, 0) is 14.6 Å². The molecule has 2 aliphatic carbocycles. The molecule has 0 aromatic carbocycles. The molecule has 2 rings (SSSR count). The average molecular weight is 258 g/mol. The second-order valence-corrected chi connectivity index (χ2v) is 8.51. The van der Waals surface area contributed by atoms with Gasteiger partial charge in [-0.1, -0.05) is 13.3 Å². The van der Waals surface area contributed by atoms with Crippen molar-refractivity contribution >= 4 is 15.6 Å². The third kappa shape index (κ3) is 2.72. The molecule has 17 heavy (non-hydrogen) atoms. The lowest BCUT2D eigenvalue weighted by molar-refractivity contribution is -0.118. The summed E-state index contributed by atoms with van der Waals surface area (Å²) in [5.74, 6) is 0.774. The van der Waals surface area contributed by atoms with Crippen molar-refractivity contribution in [3.8, 4) is 0 Å². The topological polar surface area (TPSA) is 51.2 Å². The first-order valence-corrected chi connectivity index (χ1v) is 8.47. The molecule has 0 aliphatic heterocycles. The van der Waals surface area contributed by atoms with E-state index >= 15 is 0 Å². The van der Waals surface area contributed by atoms with Crippen LogP contribution in [0.25, 0.3) is 0 Å². The lowest BCUT2D eigenvalue weighted by Gasteiger charge is -2.39. The Kier molecular flexibility index (Phi) is 3.36. The maximum atomic E-state index is 11.6. The van der Waals surface area contributed by atoms with Crippen LogP contribution in [0.4, 0.5) is 0 Å². The molecule has 0 spiro atoms. The van der Waals surface area contributed by atoms with Gasteiger partial charge in [0.15, 0.2) is 0 Å². The normalized spacial score (nSPS) is 39.5. The van der Waals surface area contributed by atoms with Crippen LogP contribution in [0, 0.1) is 11.3 Å². The van der Waals surface area contributed by atoms with Gasteiger partial charge >= 0.3 is 0 Å². The van der Waals surface area contributed by atoms with Gasteiger partial charge in [0, 0.05) is 19.1 Å². The zero-order valence-electron chi connectivity index (χ0n) is 10.7. The summed E-state index contributed by atoms with van der Waals surface area (Å²) in [6.45, 7) is 2.17. The molecule has 0 radical (unpaired) electrons. The Morgan fingerprint density at radius 3 is 2.53 bits per heavy atom. The van der Waals surface area contributed by atoms with E-state index in [-0.39, 0.29) is 10.7 Å². The van der Waals surface area contributed by atoms with E-state index in [1.807, 2.05) is 0 Å². The van der Waals surface area contributed by atoms with Crippen LogP contribution in [0.3, 0.4) is 0 Å². The Labute approximate surface area is 104 Å². The average Bonchev–Trinajstić information content (AvgIpc) is 2.59. The Balaban J connectivity index is 2.10. The molecular weight excluding hydrogens is 236 g/mol. The standard InChI is InChI=1S/C13H22O3S/c1-13(7-6-11(14)9-13)10-4-3-5-12(8-10)17(2,15)16/h10,12H,3-9H2,1-2H3. The van der Waals surface area contributed by atoms with Gasteiger partial charge in [-0.15, -0.1) is 0 Å². The Hall–Kier alpha value is -0.380. The fourth-order valence-corrected chi connectivity index (χ4v) is 4.74. The van der Waals surface area contributed by atoms with Crippen LogP contribution < -0.4 is 0 Å². The second-order valence-electron chi connectivity index (χ2n) is 6.18. The van der Waals surface area contributed by atoms with Crippen LogP contribution >= 0.6 is 0 Å². The van der Waals surface area contributed by atoms with E-state index in [1.165, 1.54) is 6.26 Å². The van der Waals surface area contributed by atoms with Gasteiger partial charge in [0.1, 0.15) is 15.6 Å². The number of Topliss-reactive ketones (excluding diaryl/α,β-unsaturated/α-hetero) is 1. The first-order valence-electron chi connectivity index (χ1n) is 6.52. The molecule has 0 aromatic heterocycles. The summed E-state index contributed by atoms with van der Waals surface area (Å²) < 4.78 is 23.3. The third-order valence-electron chi connectivity index (χ3n) is 4.79. The SMILES string of the molecule is CC1(C2CCCC(S(C)(=O)=O)C2)CCC(=O)C1. The third-order valence-corrected chi connectivity index (χ3v) is 6.43. The van der Waals surface area contributed by atoms with Crippen LogP contribution in [-0.4, -0.2) is 25.7 Å². The predicted octanol–water partition coefficient (Wildman–Crippen LogP) is 2.35. The molecule has 0 saturated heterocycles. The van der Waals surface area contributed by atoms with Gasteiger partial charge in [-0.25, -0.2) is 8.42 Å². The monoisotopic (exact) mass is 258 g/mol. The van der Waals surface area contributed by atoms with Crippen molar-refractivity contribution in [2.24, 2.45) is 11.3 Å². The molecule has 3 unspecified atom stereocenters. The molecule has 98 valence electrons. The lowest BCUT2D eigenvalue weighted by Crippen LogP contribution is -2.35. The maximum Gasteiger partial charge on any atom is 0.150 e. The zero-order valence-corrected chi connectivity index (χ0v) is 11.6. The molecule has 0 amide bonds. The van der Waals surface area contributed by atoms with Gasteiger partial charge in [0.05, 0.1) is 5.25 Å². The summed E-state index contributed by atoms with van der Waals surface area (Å²) in [7, 11) is -2.91. The molecule has 4 heteroatoms. The highest BCUT2D eigenvalue weighted by molar-refractivity contribution is 7.91. The van der Waals surface area contributed by atoms with Crippen LogP contribution in [0.5, 0.6) is 0 Å². The molecule has 3 atom stereocenters. The summed E-state index contributed by atoms with van der Waals surface area (Å²) in [4.78, 5) is 11.5. The summed E-state index contributed by atoms with van der Waals surface area (Å²) in [6, 6.07) is 0. The fraction of sp³-hybridized carbons (Fsp3) is 0.923. The fourth-order valence-electron chi connectivity index (χ4n) is 3.57. The number of carbonyl (C=O) groups is 1. The van der Waals surface area contributed by atoms with Gasteiger partial charge in [-0.3, -0.25) is 4.79 Å². The largest absolute Gasteiger partial charge is 0.300 e. The molecule has 0 aromatic rings.